The van der Waals surface area contributed by atoms with Crippen LogP contribution in [-0.4, -0.2) is 17.4 Å². The number of aryl methyl sites for hydroxylation is 1. The lowest BCUT2D eigenvalue weighted by molar-refractivity contribution is -0.672. The van der Waals surface area contributed by atoms with Crippen LogP contribution in [0.2, 0.25) is 0 Å². The highest BCUT2D eigenvalue weighted by atomic mass is 127. The van der Waals surface area contributed by atoms with Crippen molar-refractivity contribution in [3.63, 3.8) is 0 Å². The van der Waals surface area contributed by atoms with E-state index in [9.17, 15) is 4.79 Å². The van der Waals surface area contributed by atoms with Crippen LogP contribution in [0.4, 0.5) is 0 Å². The molecule has 0 saturated carbocycles. The van der Waals surface area contributed by atoms with Crippen LogP contribution in [0.15, 0.2) is 54.9 Å². The van der Waals surface area contributed by atoms with Crippen LogP contribution in [-0.2, 0) is 7.05 Å². The Labute approximate surface area is 149 Å². The van der Waals surface area contributed by atoms with Crippen LogP contribution < -0.4 is 28.5 Å². The van der Waals surface area contributed by atoms with Gasteiger partial charge in [0, 0.05) is 23.7 Å². The lowest BCUT2D eigenvalue weighted by Gasteiger charge is -2.35. The average molecular weight is 408 g/mol. The fourth-order valence-corrected chi connectivity index (χ4v) is 3.08. The van der Waals surface area contributed by atoms with Gasteiger partial charge >= 0.3 is 0 Å². The molecule has 0 bridgehead atoms. The third-order valence-electron chi connectivity index (χ3n) is 4.13. The standard InChI is InChI=1S/C18H21N2O.HI/c1-19-12-7-10-16(14-19)17-11-5-6-13-20(17)18(21)15-8-3-2-4-9-15;/h2-4,7-10,12,14,17H,5-6,11,13H2,1H3;1H/q+1;/p-1. The molecule has 1 aliphatic rings. The smallest absolute Gasteiger partial charge is 0.254 e. The summed E-state index contributed by atoms with van der Waals surface area (Å²) in [6, 6.07) is 14.0. The first kappa shape index (κ1) is 16.9. The number of carbonyl (C=O) groups excluding carboxylic acids is 1. The Morgan fingerprint density at radius 2 is 1.91 bits per heavy atom. The highest BCUT2D eigenvalue weighted by Gasteiger charge is 2.29. The molecule has 1 aromatic carbocycles. The van der Waals surface area contributed by atoms with Crippen molar-refractivity contribution in [1.82, 2.24) is 4.90 Å². The second-order valence-corrected chi connectivity index (χ2v) is 5.68. The summed E-state index contributed by atoms with van der Waals surface area (Å²) in [7, 11) is 2.02. The van der Waals surface area contributed by atoms with Crippen molar-refractivity contribution in [1.29, 1.82) is 0 Å². The molecular formula is C18H21IN2O. The molecule has 0 spiro atoms. The van der Waals surface area contributed by atoms with E-state index >= 15 is 0 Å². The molecule has 3 rings (SSSR count). The number of pyridine rings is 1. The molecular weight excluding hydrogens is 387 g/mol. The Morgan fingerprint density at radius 3 is 2.64 bits per heavy atom. The van der Waals surface area contributed by atoms with Gasteiger partial charge in [-0.15, -0.1) is 0 Å². The molecule has 1 saturated heterocycles. The molecule has 0 aliphatic carbocycles. The minimum atomic E-state index is 0. The number of piperidine rings is 1. The minimum absolute atomic E-state index is 0. The summed E-state index contributed by atoms with van der Waals surface area (Å²) in [5.41, 5.74) is 2.01. The Morgan fingerprint density at radius 1 is 1.14 bits per heavy atom. The molecule has 2 heterocycles. The van der Waals surface area contributed by atoms with E-state index in [1.54, 1.807) is 0 Å². The first-order chi connectivity index (χ1) is 10.3. The summed E-state index contributed by atoms with van der Waals surface area (Å²) >= 11 is 0. The highest BCUT2D eigenvalue weighted by Crippen LogP contribution is 2.31. The van der Waals surface area contributed by atoms with E-state index in [0.29, 0.717) is 0 Å². The first-order valence-corrected chi connectivity index (χ1v) is 7.57. The first-order valence-electron chi connectivity index (χ1n) is 7.57. The van der Waals surface area contributed by atoms with Crippen LogP contribution in [0.25, 0.3) is 0 Å². The molecule has 22 heavy (non-hydrogen) atoms. The molecule has 1 aromatic heterocycles. The van der Waals surface area contributed by atoms with Crippen LogP contribution >= 0.6 is 0 Å². The van der Waals surface area contributed by atoms with E-state index in [-0.39, 0.29) is 35.9 Å². The SMILES string of the molecule is C[n+]1cccc(C2CCCCN2C(=O)c2ccccc2)c1.[I-]. The molecule has 4 heteroatoms. The number of likely N-dealkylation sites (tertiary alicyclic amines) is 1. The summed E-state index contributed by atoms with van der Waals surface area (Å²) in [5, 5.41) is 0. The zero-order valence-electron chi connectivity index (χ0n) is 12.8. The number of amides is 1. The molecule has 1 aliphatic heterocycles. The second kappa shape index (κ2) is 7.72. The number of hydrogen-bond donors (Lipinski definition) is 0. The van der Waals surface area contributed by atoms with Gasteiger partial charge in [-0.1, -0.05) is 18.2 Å². The van der Waals surface area contributed by atoms with Crippen molar-refractivity contribution in [2.75, 3.05) is 6.54 Å². The average Bonchev–Trinajstić information content (AvgIpc) is 2.55. The predicted octanol–water partition coefficient (Wildman–Crippen LogP) is -0.117. The number of benzene rings is 1. The Balaban J connectivity index is 0.00000176. The molecule has 1 atom stereocenters. The van der Waals surface area contributed by atoms with E-state index in [2.05, 4.69) is 22.9 Å². The van der Waals surface area contributed by atoms with Gasteiger partial charge in [-0.25, -0.2) is 4.57 Å². The third-order valence-corrected chi connectivity index (χ3v) is 4.13. The van der Waals surface area contributed by atoms with Gasteiger partial charge in [-0.3, -0.25) is 4.79 Å². The molecule has 0 N–H and O–H groups in total. The second-order valence-electron chi connectivity index (χ2n) is 5.68. The zero-order valence-corrected chi connectivity index (χ0v) is 14.9. The van der Waals surface area contributed by atoms with Gasteiger partial charge in [0.15, 0.2) is 12.4 Å². The summed E-state index contributed by atoms with van der Waals surface area (Å²) in [4.78, 5) is 14.8. The molecule has 2 aromatic rings. The molecule has 1 unspecified atom stereocenters. The van der Waals surface area contributed by atoms with E-state index in [0.717, 1.165) is 24.9 Å². The number of halogens is 1. The quantitative estimate of drug-likeness (QED) is 0.503. The molecule has 3 nitrogen and oxygen atoms in total. The Bertz CT molecular complexity index is 630. The van der Waals surface area contributed by atoms with Gasteiger partial charge in [0.2, 0.25) is 0 Å². The monoisotopic (exact) mass is 408 g/mol. The Hall–Kier alpha value is -1.43. The van der Waals surface area contributed by atoms with Crippen molar-refractivity contribution < 1.29 is 33.3 Å². The maximum Gasteiger partial charge on any atom is 0.254 e. The summed E-state index contributed by atoms with van der Waals surface area (Å²) in [5.74, 6) is 0.145. The highest BCUT2D eigenvalue weighted by molar-refractivity contribution is 5.94. The van der Waals surface area contributed by atoms with Crippen LogP contribution in [0, 0.1) is 0 Å². The number of rotatable bonds is 2. The molecule has 1 amide bonds. The van der Waals surface area contributed by atoms with Gasteiger partial charge in [0.1, 0.15) is 7.05 Å². The largest absolute Gasteiger partial charge is 1.00 e. The van der Waals surface area contributed by atoms with E-state index < -0.39 is 0 Å². The fourth-order valence-electron chi connectivity index (χ4n) is 3.08. The summed E-state index contributed by atoms with van der Waals surface area (Å²) in [6.45, 7) is 0.844. The molecule has 1 fully saturated rings. The molecule has 116 valence electrons. The van der Waals surface area contributed by atoms with Crippen LogP contribution in [0.1, 0.15) is 41.2 Å². The zero-order chi connectivity index (χ0) is 14.7. The van der Waals surface area contributed by atoms with Gasteiger partial charge in [-0.05, 0) is 37.5 Å². The number of nitrogens with zero attached hydrogens (tertiary/aromatic N) is 2. The van der Waals surface area contributed by atoms with E-state index in [1.165, 1.54) is 12.0 Å². The van der Waals surface area contributed by atoms with E-state index in [4.69, 9.17) is 0 Å². The van der Waals surface area contributed by atoms with Crippen molar-refractivity contribution >= 4 is 5.91 Å². The topological polar surface area (TPSA) is 24.2 Å². The number of hydrogen-bond acceptors (Lipinski definition) is 1. The van der Waals surface area contributed by atoms with Crippen molar-refractivity contribution in [2.45, 2.75) is 25.3 Å². The summed E-state index contributed by atoms with van der Waals surface area (Å²) in [6.07, 6.45) is 7.47. The van der Waals surface area contributed by atoms with Gasteiger partial charge in [-0.2, -0.15) is 0 Å². The lowest BCUT2D eigenvalue weighted by Crippen LogP contribution is -3.00. The normalized spacial score (nSPS) is 17.7. The van der Waals surface area contributed by atoms with Crippen LogP contribution in [0.3, 0.4) is 0 Å². The minimum Gasteiger partial charge on any atom is -1.00 e. The Kier molecular flexibility index (Phi) is 5.94. The predicted molar refractivity (Wildman–Crippen MR) is 81.7 cm³/mol. The van der Waals surface area contributed by atoms with Gasteiger partial charge in [0.05, 0.1) is 6.04 Å². The van der Waals surface area contributed by atoms with Gasteiger partial charge < -0.3 is 28.9 Å². The van der Waals surface area contributed by atoms with Crippen molar-refractivity contribution in [2.24, 2.45) is 7.05 Å². The molecule has 0 radical (unpaired) electrons. The van der Waals surface area contributed by atoms with Crippen molar-refractivity contribution in [3.8, 4) is 0 Å². The number of aromatic nitrogens is 1. The van der Waals surface area contributed by atoms with Gasteiger partial charge in [0.25, 0.3) is 5.91 Å². The van der Waals surface area contributed by atoms with Crippen molar-refractivity contribution in [3.05, 3.63) is 66.0 Å². The summed E-state index contributed by atoms with van der Waals surface area (Å²) < 4.78 is 2.05. The van der Waals surface area contributed by atoms with E-state index in [1.807, 2.05) is 48.5 Å². The van der Waals surface area contributed by atoms with Crippen LogP contribution in [0.5, 0.6) is 0 Å². The number of carbonyl (C=O) groups is 1. The lowest BCUT2D eigenvalue weighted by atomic mass is 9.95. The third kappa shape index (κ3) is 3.66. The maximum absolute atomic E-state index is 12.8. The fraction of sp³-hybridized carbons (Fsp3) is 0.333. The maximum atomic E-state index is 12.8.